The van der Waals surface area contributed by atoms with Crippen molar-refractivity contribution in [2.45, 2.75) is 26.2 Å². The number of nitrogens with zero attached hydrogens (tertiary/aromatic N) is 2. The predicted molar refractivity (Wildman–Crippen MR) is 71.6 cm³/mol. The predicted octanol–water partition coefficient (Wildman–Crippen LogP) is 2.59. The second-order valence-corrected chi connectivity index (χ2v) is 4.26. The number of aromatic nitrogens is 2. The fourth-order valence-electron chi connectivity index (χ4n) is 2.05. The van der Waals surface area contributed by atoms with Crippen molar-refractivity contribution >= 4 is 0 Å². The van der Waals surface area contributed by atoms with Gasteiger partial charge in [-0.1, -0.05) is 12.1 Å². The van der Waals surface area contributed by atoms with E-state index in [1.165, 1.54) is 37.6 Å². The summed E-state index contributed by atoms with van der Waals surface area (Å²) in [4.78, 5) is 0. The van der Waals surface area contributed by atoms with Crippen LogP contribution in [0.1, 0.15) is 24.3 Å². The zero-order valence-electron chi connectivity index (χ0n) is 11.7. The van der Waals surface area contributed by atoms with Crippen LogP contribution in [0.3, 0.4) is 0 Å². The number of aliphatic hydroxyl groups excluding tert-OH is 1. The highest BCUT2D eigenvalue weighted by Crippen LogP contribution is 2.30. The van der Waals surface area contributed by atoms with Gasteiger partial charge in [-0.15, -0.1) is 0 Å². The van der Waals surface area contributed by atoms with Gasteiger partial charge < -0.3 is 14.6 Å². The number of alkyl halides is 2. The zero-order valence-corrected chi connectivity index (χ0v) is 11.7. The van der Waals surface area contributed by atoms with Crippen molar-refractivity contribution in [1.29, 1.82) is 0 Å². The van der Waals surface area contributed by atoms with Crippen LogP contribution >= 0.6 is 0 Å². The maximum atomic E-state index is 12.1. The summed E-state index contributed by atoms with van der Waals surface area (Å²) in [6.45, 7) is -0.410. The minimum absolute atomic E-state index is 0.0388. The summed E-state index contributed by atoms with van der Waals surface area (Å²) in [6.07, 6.45) is 0.555. The van der Waals surface area contributed by atoms with E-state index in [4.69, 9.17) is 4.74 Å². The highest BCUT2D eigenvalue weighted by Gasteiger charge is 2.21. The third kappa shape index (κ3) is 3.30. The third-order valence-electron chi connectivity index (χ3n) is 3.04. The Labute approximate surface area is 120 Å². The van der Waals surface area contributed by atoms with Gasteiger partial charge in [-0.2, -0.15) is 13.9 Å². The smallest absolute Gasteiger partial charge is 0.387 e. The van der Waals surface area contributed by atoms with E-state index >= 15 is 0 Å². The average molecular weight is 298 g/mol. The molecular formula is C14H16F2N2O3. The molecule has 1 atom stereocenters. The maximum absolute atomic E-state index is 12.1. The number of halogens is 2. The Kier molecular flexibility index (Phi) is 4.74. The molecule has 21 heavy (non-hydrogen) atoms. The lowest BCUT2D eigenvalue weighted by Gasteiger charge is -2.15. The quantitative estimate of drug-likeness (QED) is 0.890. The lowest BCUT2D eigenvalue weighted by Crippen LogP contribution is -2.10. The minimum atomic E-state index is -2.87. The Morgan fingerprint density at radius 3 is 2.48 bits per heavy atom. The molecule has 0 aliphatic carbocycles. The molecule has 5 nitrogen and oxygen atoms in total. The molecule has 0 bridgehead atoms. The number of hydrogen-bond donors (Lipinski definition) is 1. The van der Waals surface area contributed by atoms with Gasteiger partial charge in [0, 0.05) is 6.54 Å². The summed E-state index contributed by atoms with van der Waals surface area (Å²) < 4.78 is 35.3. The van der Waals surface area contributed by atoms with Gasteiger partial charge in [0.1, 0.15) is 17.5 Å². The highest BCUT2D eigenvalue weighted by atomic mass is 19.3. The second kappa shape index (κ2) is 6.53. The fraction of sp³-hybridized carbons (Fsp3) is 0.357. The molecule has 1 aromatic carbocycles. The van der Waals surface area contributed by atoms with E-state index in [2.05, 4.69) is 9.84 Å². The molecule has 2 rings (SSSR count). The Morgan fingerprint density at radius 2 is 1.95 bits per heavy atom. The SMILES string of the molecule is CCn1ncc(OC)c1C(O)c1ccc(OC(F)F)cc1. The van der Waals surface area contributed by atoms with E-state index in [0.717, 1.165) is 0 Å². The first-order chi connectivity index (χ1) is 10.1. The van der Waals surface area contributed by atoms with Crippen molar-refractivity contribution in [1.82, 2.24) is 9.78 Å². The molecule has 0 radical (unpaired) electrons. The lowest BCUT2D eigenvalue weighted by molar-refractivity contribution is -0.0498. The number of benzene rings is 1. The molecule has 2 aromatic rings. The number of methoxy groups -OCH3 is 1. The zero-order chi connectivity index (χ0) is 15.4. The van der Waals surface area contributed by atoms with Crippen molar-refractivity contribution in [2.75, 3.05) is 7.11 Å². The van der Waals surface area contributed by atoms with Gasteiger partial charge in [0.15, 0.2) is 5.75 Å². The molecule has 0 saturated heterocycles. The lowest BCUT2D eigenvalue weighted by atomic mass is 10.1. The molecule has 0 amide bonds. The normalized spacial score (nSPS) is 12.5. The van der Waals surface area contributed by atoms with E-state index in [1.807, 2.05) is 6.92 Å². The van der Waals surface area contributed by atoms with Gasteiger partial charge >= 0.3 is 6.61 Å². The van der Waals surface area contributed by atoms with E-state index < -0.39 is 12.7 Å². The molecule has 0 spiro atoms. The van der Waals surface area contributed by atoms with Crippen LogP contribution in [0.25, 0.3) is 0 Å². The van der Waals surface area contributed by atoms with Crippen LogP contribution in [0.5, 0.6) is 11.5 Å². The van der Waals surface area contributed by atoms with E-state index in [9.17, 15) is 13.9 Å². The summed E-state index contributed by atoms with van der Waals surface area (Å²) in [5.74, 6) is 0.508. The van der Waals surface area contributed by atoms with Crippen molar-refractivity contribution in [2.24, 2.45) is 0 Å². The van der Waals surface area contributed by atoms with Gasteiger partial charge in [0.05, 0.1) is 13.3 Å². The van der Waals surface area contributed by atoms with Gasteiger partial charge in [-0.3, -0.25) is 4.68 Å². The maximum Gasteiger partial charge on any atom is 0.387 e. The Balaban J connectivity index is 2.27. The summed E-state index contributed by atoms with van der Waals surface area (Å²) in [5.41, 5.74) is 1.05. The van der Waals surface area contributed by atoms with Gasteiger partial charge in [0.2, 0.25) is 0 Å². The van der Waals surface area contributed by atoms with Crippen LogP contribution in [-0.4, -0.2) is 28.6 Å². The van der Waals surface area contributed by atoms with Gasteiger partial charge in [-0.25, -0.2) is 0 Å². The Bertz CT molecular complexity index is 563. The fourth-order valence-corrected chi connectivity index (χ4v) is 2.05. The first-order valence-corrected chi connectivity index (χ1v) is 6.39. The van der Waals surface area contributed by atoms with Gasteiger partial charge in [0.25, 0.3) is 0 Å². The third-order valence-corrected chi connectivity index (χ3v) is 3.04. The van der Waals surface area contributed by atoms with Crippen molar-refractivity contribution < 1.29 is 23.4 Å². The molecule has 1 aromatic heterocycles. The molecular weight excluding hydrogens is 282 g/mol. The molecule has 0 fully saturated rings. The average Bonchev–Trinajstić information content (AvgIpc) is 2.89. The van der Waals surface area contributed by atoms with Crippen LogP contribution in [0.2, 0.25) is 0 Å². The van der Waals surface area contributed by atoms with Crippen molar-refractivity contribution in [3.63, 3.8) is 0 Å². The molecule has 1 N–H and O–H groups in total. The molecule has 1 unspecified atom stereocenters. The summed E-state index contributed by atoms with van der Waals surface area (Å²) in [6, 6.07) is 5.80. The number of hydrogen-bond acceptors (Lipinski definition) is 4. The Hall–Kier alpha value is -2.15. The summed E-state index contributed by atoms with van der Waals surface area (Å²) >= 11 is 0. The first kappa shape index (κ1) is 15.2. The minimum Gasteiger partial charge on any atom is -0.493 e. The first-order valence-electron chi connectivity index (χ1n) is 6.39. The van der Waals surface area contributed by atoms with E-state index in [0.29, 0.717) is 23.6 Å². The van der Waals surface area contributed by atoms with Crippen LogP contribution < -0.4 is 9.47 Å². The van der Waals surface area contributed by atoms with E-state index in [-0.39, 0.29) is 5.75 Å². The van der Waals surface area contributed by atoms with Crippen LogP contribution in [0.15, 0.2) is 30.5 Å². The van der Waals surface area contributed by atoms with Crippen LogP contribution in [-0.2, 0) is 6.54 Å². The van der Waals surface area contributed by atoms with Crippen LogP contribution in [0.4, 0.5) is 8.78 Å². The van der Waals surface area contributed by atoms with Gasteiger partial charge in [-0.05, 0) is 24.6 Å². The molecule has 7 heteroatoms. The second-order valence-electron chi connectivity index (χ2n) is 4.26. The summed E-state index contributed by atoms with van der Waals surface area (Å²) in [7, 11) is 1.49. The number of aliphatic hydroxyl groups is 1. The number of aryl methyl sites for hydroxylation is 1. The molecule has 1 heterocycles. The van der Waals surface area contributed by atoms with Crippen LogP contribution in [0, 0.1) is 0 Å². The Morgan fingerprint density at radius 1 is 1.29 bits per heavy atom. The highest BCUT2D eigenvalue weighted by molar-refractivity contribution is 5.37. The number of ether oxygens (including phenoxy) is 2. The van der Waals surface area contributed by atoms with Crippen molar-refractivity contribution in [3.8, 4) is 11.5 Å². The molecule has 0 aliphatic heterocycles. The molecule has 114 valence electrons. The number of rotatable bonds is 6. The molecule has 0 saturated carbocycles. The monoisotopic (exact) mass is 298 g/mol. The standard InChI is InChI=1S/C14H16F2N2O3/c1-3-18-12(11(20-2)8-17-18)13(19)9-4-6-10(7-5-9)21-14(15)16/h4-8,13-14,19H,3H2,1-2H3. The molecule has 0 aliphatic rings. The topological polar surface area (TPSA) is 56.5 Å². The van der Waals surface area contributed by atoms with Crippen molar-refractivity contribution in [3.05, 3.63) is 41.7 Å². The van der Waals surface area contributed by atoms with E-state index in [1.54, 1.807) is 4.68 Å². The largest absolute Gasteiger partial charge is 0.493 e. The summed E-state index contributed by atoms with van der Waals surface area (Å²) in [5, 5.41) is 14.6.